The molecular weight excluding hydrogens is 258 g/mol. The molecule has 2 N–H and O–H groups in total. The van der Waals surface area contributed by atoms with E-state index >= 15 is 0 Å². The Bertz CT molecular complexity index is 460. The first-order chi connectivity index (χ1) is 9.37. The van der Waals surface area contributed by atoms with Crippen LogP contribution in [0.4, 0.5) is 8.78 Å². The van der Waals surface area contributed by atoms with Crippen molar-refractivity contribution in [2.45, 2.75) is 39.2 Å². The summed E-state index contributed by atoms with van der Waals surface area (Å²) in [7, 11) is 0. The summed E-state index contributed by atoms with van der Waals surface area (Å²) < 4.78 is 26.6. The highest BCUT2D eigenvalue weighted by Gasteiger charge is 2.24. The van der Waals surface area contributed by atoms with Crippen molar-refractivity contribution in [3.05, 3.63) is 35.4 Å². The minimum Gasteiger partial charge on any atom is -0.323 e. The molecule has 0 bridgehead atoms. The van der Waals surface area contributed by atoms with Crippen molar-refractivity contribution < 1.29 is 8.78 Å². The first-order valence-corrected chi connectivity index (χ1v) is 7.30. The SMILES string of the molecule is CC1(C)CCCN(CC(N)c2ccc(F)cc2F)CC1. The number of nitrogens with two attached hydrogens (primary N) is 1. The zero-order chi connectivity index (χ0) is 14.8. The van der Waals surface area contributed by atoms with Crippen molar-refractivity contribution in [1.82, 2.24) is 4.90 Å². The second-order valence-electron chi connectivity index (χ2n) is 6.59. The number of likely N-dealkylation sites (tertiary alicyclic amines) is 1. The summed E-state index contributed by atoms with van der Waals surface area (Å²) in [5.74, 6) is -1.11. The minimum atomic E-state index is -0.560. The van der Waals surface area contributed by atoms with Crippen LogP contribution in [0.5, 0.6) is 0 Å². The summed E-state index contributed by atoms with van der Waals surface area (Å²) in [5, 5.41) is 0. The normalized spacial score (nSPS) is 21.4. The zero-order valence-corrected chi connectivity index (χ0v) is 12.3. The van der Waals surface area contributed by atoms with Gasteiger partial charge in [-0.05, 0) is 43.8 Å². The summed E-state index contributed by atoms with van der Waals surface area (Å²) in [6.07, 6.45) is 3.49. The lowest BCUT2D eigenvalue weighted by molar-refractivity contribution is 0.248. The molecule has 1 aromatic carbocycles. The van der Waals surface area contributed by atoms with E-state index in [0.717, 1.165) is 32.0 Å². The third-order valence-electron chi connectivity index (χ3n) is 4.25. The molecule has 20 heavy (non-hydrogen) atoms. The molecule has 2 rings (SSSR count). The molecule has 2 nitrogen and oxygen atoms in total. The maximum atomic E-state index is 13.7. The van der Waals surface area contributed by atoms with Crippen LogP contribution in [0.1, 0.15) is 44.7 Å². The van der Waals surface area contributed by atoms with Crippen LogP contribution in [0.15, 0.2) is 18.2 Å². The number of nitrogens with zero attached hydrogens (tertiary/aromatic N) is 1. The van der Waals surface area contributed by atoms with Crippen molar-refractivity contribution >= 4 is 0 Å². The van der Waals surface area contributed by atoms with Gasteiger partial charge in [-0.25, -0.2) is 8.78 Å². The van der Waals surface area contributed by atoms with Gasteiger partial charge in [0.15, 0.2) is 0 Å². The van der Waals surface area contributed by atoms with Crippen LogP contribution in [0.25, 0.3) is 0 Å². The monoisotopic (exact) mass is 282 g/mol. The fourth-order valence-electron chi connectivity index (χ4n) is 2.84. The fourth-order valence-corrected chi connectivity index (χ4v) is 2.84. The second kappa shape index (κ2) is 6.19. The zero-order valence-electron chi connectivity index (χ0n) is 12.3. The van der Waals surface area contributed by atoms with E-state index in [2.05, 4.69) is 18.7 Å². The Morgan fingerprint density at radius 3 is 2.70 bits per heavy atom. The van der Waals surface area contributed by atoms with E-state index in [1.165, 1.54) is 18.6 Å². The molecule has 0 aliphatic carbocycles. The van der Waals surface area contributed by atoms with Crippen LogP contribution in [0.2, 0.25) is 0 Å². The molecule has 1 aliphatic rings. The predicted molar refractivity (Wildman–Crippen MR) is 77.4 cm³/mol. The molecule has 0 radical (unpaired) electrons. The van der Waals surface area contributed by atoms with Crippen LogP contribution in [-0.4, -0.2) is 24.5 Å². The molecule has 1 fully saturated rings. The van der Waals surface area contributed by atoms with Gasteiger partial charge >= 0.3 is 0 Å². The van der Waals surface area contributed by atoms with Gasteiger partial charge in [-0.3, -0.25) is 0 Å². The molecule has 1 unspecified atom stereocenters. The van der Waals surface area contributed by atoms with Crippen molar-refractivity contribution in [2.24, 2.45) is 11.1 Å². The molecule has 0 amide bonds. The first-order valence-electron chi connectivity index (χ1n) is 7.30. The van der Waals surface area contributed by atoms with Gasteiger partial charge in [0.25, 0.3) is 0 Å². The smallest absolute Gasteiger partial charge is 0.130 e. The molecule has 1 aromatic rings. The van der Waals surface area contributed by atoms with Gasteiger partial charge in [-0.1, -0.05) is 19.9 Å². The number of benzene rings is 1. The van der Waals surface area contributed by atoms with Crippen LogP contribution >= 0.6 is 0 Å². The third kappa shape index (κ3) is 4.00. The largest absolute Gasteiger partial charge is 0.323 e. The molecule has 0 saturated carbocycles. The van der Waals surface area contributed by atoms with Gasteiger partial charge in [0.05, 0.1) is 0 Å². The number of hydrogen-bond donors (Lipinski definition) is 1. The van der Waals surface area contributed by atoms with Gasteiger partial charge in [0.2, 0.25) is 0 Å². The Balaban J connectivity index is 1.98. The number of halogens is 2. The van der Waals surface area contributed by atoms with Crippen molar-refractivity contribution in [1.29, 1.82) is 0 Å². The van der Waals surface area contributed by atoms with Gasteiger partial charge in [0, 0.05) is 24.2 Å². The quantitative estimate of drug-likeness (QED) is 0.919. The Hall–Kier alpha value is -1.00. The highest BCUT2D eigenvalue weighted by molar-refractivity contribution is 5.22. The van der Waals surface area contributed by atoms with Crippen molar-refractivity contribution in [3.63, 3.8) is 0 Å². The Morgan fingerprint density at radius 1 is 1.25 bits per heavy atom. The van der Waals surface area contributed by atoms with Crippen LogP contribution in [0, 0.1) is 17.0 Å². The van der Waals surface area contributed by atoms with Gasteiger partial charge in [-0.2, -0.15) is 0 Å². The predicted octanol–water partition coefficient (Wildman–Crippen LogP) is 3.48. The van der Waals surface area contributed by atoms with Gasteiger partial charge in [-0.15, -0.1) is 0 Å². The number of rotatable bonds is 3. The molecule has 0 aromatic heterocycles. The van der Waals surface area contributed by atoms with E-state index in [1.54, 1.807) is 0 Å². The van der Waals surface area contributed by atoms with Crippen molar-refractivity contribution in [2.75, 3.05) is 19.6 Å². The summed E-state index contributed by atoms with van der Waals surface area (Å²) >= 11 is 0. The summed E-state index contributed by atoms with van der Waals surface area (Å²) in [6, 6.07) is 3.22. The molecule has 1 atom stereocenters. The van der Waals surface area contributed by atoms with Crippen LogP contribution in [-0.2, 0) is 0 Å². The van der Waals surface area contributed by atoms with E-state index in [1.807, 2.05) is 0 Å². The Kier molecular flexibility index (Phi) is 4.76. The highest BCUT2D eigenvalue weighted by Crippen LogP contribution is 2.30. The maximum absolute atomic E-state index is 13.7. The van der Waals surface area contributed by atoms with E-state index in [9.17, 15) is 8.78 Å². The van der Waals surface area contributed by atoms with E-state index < -0.39 is 17.7 Å². The molecule has 112 valence electrons. The van der Waals surface area contributed by atoms with E-state index in [4.69, 9.17) is 5.73 Å². The molecule has 4 heteroatoms. The summed E-state index contributed by atoms with van der Waals surface area (Å²) in [6.45, 7) is 7.19. The Morgan fingerprint density at radius 2 is 2.00 bits per heavy atom. The van der Waals surface area contributed by atoms with Crippen LogP contribution in [0.3, 0.4) is 0 Å². The lowest BCUT2D eigenvalue weighted by Gasteiger charge is -2.25. The third-order valence-corrected chi connectivity index (χ3v) is 4.25. The lowest BCUT2D eigenvalue weighted by Crippen LogP contribution is -2.33. The molecule has 1 heterocycles. The highest BCUT2D eigenvalue weighted by atomic mass is 19.1. The average molecular weight is 282 g/mol. The standard InChI is InChI=1S/C16H24F2N2/c1-16(2)6-3-8-20(9-7-16)11-15(19)13-5-4-12(17)10-14(13)18/h4-5,10,15H,3,6-9,11,19H2,1-2H3. The maximum Gasteiger partial charge on any atom is 0.130 e. The lowest BCUT2D eigenvalue weighted by atomic mass is 9.85. The molecule has 1 aliphatic heterocycles. The minimum absolute atomic E-state index is 0.375. The number of hydrogen-bond acceptors (Lipinski definition) is 2. The van der Waals surface area contributed by atoms with E-state index in [-0.39, 0.29) is 0 Å². The second-order valence-corrected chi connectivity index (χ2v) is 6.59. The van der Waals surface area contributed by atoms with Crippen LogP contribution < -0.4 is 5.73 Å². The Labute approximate surface area is 120 Å². The molecule has 1 saturated heterocycles. The van der Waals surface area contributed by atoms with Crippen molar-refractivity contribution in [3.8, 4) is 0 Å². The average Bonchev–Trinajstić information content (AvgIpc) is 2.51. The first kappa shape index (κ1) is 15.4. The van der Waals surface area contributed by atoms with Gasteiger partial charge < -0.3 is 10.6 Å². The fraction of sp³-hybridized carbons (Fsp3) is 0.625. The summed E-state index contributed by atoms with van der Waals surface area (Å²) in [4.78, 5) is 2.29. The van der Waals surface area contributed by atoms with Gasteiger partial charge in [0.1, 0.15) is 11.6 Å². The molecule has 0 spiro atoms. The summed E-state index contributed by atoms with van der Waals surface area (Å²) in [5.41, 5.74) is 6.86. The molecular formula is C16H24F2N2. The topological polar surface area (TPSA) is 29.3 Å². The van der Waals surface area contributed by atoms with E-state index in [0.29, 0.717) is 17.5 Å².